The zero-order valence-electron chi connectivity index (χ0n) is 9.35. The molecular formula is C9H15N3O3. The highest BCUT2D eigenvalue weighted by Crippen LogP contribution is 2.12. The van der Waals surface area contributed by atoms with Gasteiger partial charge in [0.05, 0.1) is 6.42 Å². The van der Waals surface area contributed by atoms with Crippen molar-refractivity contribution in [2.24, 2.45) is 11.0 Å². The molecule has 0 rings (SSSR count). The van der Waals surface area contributed by atoms with Crippen LogP contribution >= 0.6 is 0 Å². The van der Waals surface area contributed by atoms with Gasteiger partial charge in [0, 0.05) is 10.8 Å². The second-order valence-electron chi connectivity index (χ2n) is 4.22. The van der Waals surface area contributed by atoms with Crippen molar-refractivity contribution in [2.45, 2.75) is 39.7 Å². The van der Waals surface area contributed by atoms with Crippen LogP contribution in [-0.2, 0) is 14.3 Å². The maximum absolute atomic E-state index is 11.3. The summed E-state index contributed by atoms with van der Waals surface area (Å²) in [6.07, 6.45) is -0.0743. The molecule has 84 valence electrons. The van der Waals surface area contributed by atoms with Crippen LogP contribution in [0.3, 0.4) is 0 Å². The van der Waals surface area contributed by atoms with Crippen LogP contribution in [0.2, 0.25) is 0 Å². The first-order valence-corrected chi connectivity index (χ1v) is 4.57. The van der Waals surface area contributed by atoms with E-state index in [-0.39, 0.29) is 6.42 Å². The molecule has 1 atom stereocenters. The zero-order chi connectivity index (χ0) is 12.1. The lowest BCUT2D eigenvalue weighted by atomic mass is 10.1. The lowest BCUT2D eigenvalue weighted by molar-refractivity contribution is -0.156. The van der Waals surface area contributed by atoms with Crippen molar-refractivity contribution in [3.05, 3.63) is 10.4 Å². The lowest BCUT2D eigenvalue weighted by Gasteiger charge is -2.20. The molecule has 0 aliphatic carbocycles. The second-order valence-corrected chi connectivity index (χ2v) is 4.22. The molecule has 0 heterocycles. The first kappa shape index (κ1) is 13.4. The Labute approximate surface area is 88.2 Å². The molecule has 1 amide bonds. The van der Waals surface area contributed by atoms with Crippen molar-refractivity contribution in [1.82, 2.24) is 0 Å². The minimum Gasteiger partial charge on any atom is -0.460 e. The van der Waals surface area contributed by atoms with Gasteiger partial charge >= 0.3 is 5.97 Å². The highest BCUT2D eigenvalue weighted by atomic mass is 16.6. The van der Waals surface area contributed by atoms with Gasteiger partial charge in [-0.15, -0.1) is 0 Å². The van der Waals surface area contributed by atoms with Crippen LogP contribution in [0.25, 0.3) is 10.4 Å². The number of rotatable bonds is 3. The second kappa shape index (κ2) is 5.36. The molecule has 0 N–H and O–H groups in total. The van der Waals surface area contributed by atoms with E-state index in [0.717, 1.165) is 0 Å². The number of hydrogen-bond donors (Lipinski definition) is 0. The molecule has 6 nitrogen and oxygen atoms in total. The van der Waals surface area contributed by atoms with Gasteiger partial charge in [-0.1, -0.05) is 6.92 Å². The number of esters is 1. The summed E-state index contributed by atoms with van der Waals surface area (Å²) in [7, 11) is 0. The van der Waals surface area contributed by atoms with E-state index in [2.05, 4.69) is 10.0 Å². The average Bonchev–Trinajstić information content (AvgIpc) is 2.00. The Balaban J connectivity index is 4.19. The van der Waals surface area contributed by atoms with Crippen molar-refractivity contribution < 1.29 is 14.3 Å². The number of ether oxygens (including phenoxy) is 1. The molecule has 0 fully saturated rings. The summed E-state index contributed by atoms with van der Waals surface area (Å²) in [5.41, 5.74) is 7.46. The zero-order valence-corrected chi connectivity index (χ0v) is 9.35. The number of carbonyl (C=O) groups is 2. The fourth-order valence-corrected chi connectivity index (χ4v) is 0.863. The molecule has 0 aromatic rings. The Morgan fingerprint density at radius 1 is 1.47 bits per heavy atom. The molecule has 0 saturated heterocycles. The Bertz CT molecular complexity index is 300. The van der Waals surface area contributed by atoms with E-state index in [0.29, 0.717) is 0 Å². The predicted molar refractivity (Wildman–Crippen MR) is 53.8 cm³/mol. The van der Waals surface area contributed by atoms with Crippen LogP contribution in [0.1, 0.15) is 34.1 Å². The van der Waals surface area contributed by atoms with E-state index < -0.39 is 23.4 Å². The molecule has 0 spiro atoms. The Morgan fingerprint density at radius 2 is 2.00 bits per heavy atom. The first-order chi connectivity index (χ1) is 6.76. The maximum atomic E-state index is 11.3. The minimum atomic E-state index is -0.650. The standard InChI is InChI=1S/C9H15N3O3/c1-6(8(14)11-12-10)5-7(13)15-9(2,3)4/h6H,5H2,1-4H3/t6-/m1/s1. The molecule has 0 aliphatic heterocycles. The fraction of sp³-hybridized carbons (Fsp3) is 0.778. The van der Waals surface area contributed by atoms with Crippen LogP contribution in [0, 0.1) is 5.92 Å². The smallest absolute Gasteiger partial charge is 0.307 e. The van der Waals surface area contributed by atoms with E-state index >= 15 is 0 Å². The average molecular weight is 213 g/mol. The van der Waals surface area contributed by atoms with Crippen LogP contribution in [0.15, 0.2) is 5.11 Å². The largest absolute Gasteiger partial charge is 0.460 e. The van der Waals surface area contributed by atoms with Crippen LogP contribution in [0.4, 0.5) is 0 Å². The Hall–Kier alpha value is -1.55. The molecule has 0 saturated carbocycles. The SMILES string of the molecule is C[C@H](CC(=O)OC(C)(C)C)C(=O)N=[N+]=[N-]. The lowest BCUT2D eigenvalue weighted by Crippen LogP contribution is -2.26. The third-order valence-corrected chi connectivity index (χ3v) is 1.46. The van der Waals surface area contributed by atoms with Crippen LogP contribution < -0.4 is 0 Å². The number of azide groups is 1. The van der Waals surface area contributed by atoms with Crippen molar-refractivity contribution >= 4 is 11.9 Å². The van der Waals surface area contributed by atoms with Crippen molar-refractivity contribution in [2.75, 3.05) is 0 Å². The quantitative estimate of drug-likeness (QED) is 0.311. The topological polar surface area (TPSA) is 92.1 Å². The van der Waals surface area contributed by atoms with Crippen molar-refractivity contribution in [1.29, 1.82) is 0 Å². The summed E-state index contributed by atoms with van der Waals surface area (Å²) in [5, 5.41) is 2.91. The van der Waals surface area contributed by atoms with Gasteiger partial charge in [0.15, 0.2) is 0 Å². The number of hydrogen-bond acceptors (Lipinski definition) is 3. The monoisotopic (exact) mass is 213 g/mol. The third-order valence-electron chi connectivity index (χ3n) is 1.46. The summed E-state index contributed by atoms with van der Waals surface area (Å²) < 4.78 is 5.01. The van der Waals surface area contributed by atoms with Gasteiger partial charge in [-0.25, -0.2) is 0 Å². The van der Waals surface area contributed by atoms with E-state index in [4.69, 9.17) is 10.3 Å². The Kier molecular flexibility index (Phi) is 4.81. The first-order valence-electron chi connectivity index (χ1n) is 4.57. The van der Waals surface area contributed by atoms with Crippen LogP contribution in [-0.4, -0.2) is 17.5 Å². The number of amides is 1. The maximum Gasteiger partial charge on any atom is 0.307 e. The molecule has 6 heteroatoms. The highest BCUT2D eigenvalue weighted by molar-refractivity contribution is 5.83. The fourth-order valence-electron chi connectivity index (χ4n) is 0.863. The van der Waals surface area contributed by atoms with Gasteiger partial charge in [0.2, 0.25) is 5.91 Å². The van der Waals surface area contributed by atoms with Gasteiger partial charge in [0.1, 0.15) is 5.60 Å². The van der Waals surface area contributed by atoms with E-state index in [1.807, 2.05) is 0 Å². The molecule has 0 aromatic heterocycles. The van der Waals surface area contributed by atoms with Gasteiger partial charge in [-0.3, -0.25) is 9.59 Å². The number of carbonyl (C=O) groups excluding carboxylic acids is 2. The number of nitrogens with zero attached hydrogens (tertiary/aromatic N) is 3. The molecule has 0 unspecified atom stereocenters. The summed E-state index contributed by atoms with van der Waals surface area (Å²) >= 11 is 0. The van der Waals surface area contributed by atoms with Crippen molar-refractivity contribution in [3.8, 4) is 0 Å². The van der Waals surface area contributed by atoms with Crippen molar-refractivity contribution in [3.63, 3.8) is 0 Å². The molecule has 0 aromatic carbocycles. The highest BCUT2D eigenvalue weighted by Gasteiger charge is 2.21. The van der Waals surface area contributed by atoms with E-state index in [1.54, 1.807) is 20.8 Å². The van der Waals surface area contributed by atoms with Gasteiger partial charge in [0.25, 0.3) is 0 Å². The summed E-state index contributed by atoms with van der Waals surface area (Å²) in [6, 6.07) is 0. The summed E-state index contributed by atoms with van der Waals surface area (Å²) in [4.78, 5) is 24.6. The normalized spacial score (nSPS) is 12.5. The molecule has 0 radical (unpaired) electrons. The minimum absolute atomic E-state index is 0.0743. The van der Waals surface area contributed by atoms with E-state index in [9.17, 15) is 9.59 Å². The predicted octanol–water partition coefficient (Wildman–Crippen LogP) is 2.19. The Morgan fingerprint density at radius 3 is 2.40 bits per heavy atom. The third kappa shape index (κ3) is 6.51. The van der Waals surface area contributed by atoms with Gasteiger partial charge in [-0.2, -0.15) is 0 Å². The molecule has 0 bridgehead atoms. The van der Waals surface area contributed by atoms with Gasteiger partial charge < -0.3 is 4.74 Å². The van der Waals surface area contributed by atoms with E-state index in [1.165, 1.54) is 6.92 Å². The molecule has 15 heavy (non-hydrogen) atoms. The molecule has 0 aliphatic rings. The summed E-state index contributed by atoms with van der Waals surface area (Å²) in [5.74, 6) is -1.77. The van der Waals surface area contributed by atoms with Crippen LogP contribution in [0.5, 0.6) is 0 Å². The molecular weight excluding hydrogens is 198 g/mol. The summed E-state index contributed by atoms with van der Waals surface area (Å²) in [6.45, 7) is 6.74. The van der Waals surface area contributed by atoms with Gasteiger partial charge in [-0.05, 0) is 31.4 Å².